The third-order valence-corrected chi connectivity index (χ3v) is 5.89. The molecule has 1 aliphatic carbocycles. The smallest absolute Gasteiger partial charge is 0.143 e. The van der Waals surface area contributed by atoms with Crippen molar-refractivity contribution in [3.8, 4) is 0 Å². The molecule has 0 fully saturated rings. The number of nitrogens with zero attached hydrogens (tertiary/aromatic N) is 4. The first kappa shape index (κ1) is 18.1. The number of hydrogen-bond acceptors (Lipinski definition) is 4. The molecule has 1 aliphatic rings. The van der Waals surface area contributed by atoms with E-state index in [0.29, 0.717) is 16.9 Å². The lowest BCUT2D eigenvalue weighted by atomic mass is 10.0. The Morgan fingerprint density at radius 1 is 1.24 bits per heavy atom. The first-order valence-corrected chi connectivity index (χ1v) is 9.96. The minimum atomic E-state index is -0.316. The number of hydrogen-bond donors (Lipinski definition) is 1. The molecule has 1 atom stereocenters. The highest BCUT2D eigenvalue weighted by Gasteiger charge is 2.19. The van der Waals surface area contributed by atoms with Gasteiger partial charge in [-0.2, -0.15) is 0 Å². The van der Waals surface area contributed by atoms with Gasteiger partial charge in [0.05, 0.1) is 16.6 Å². The van der Waals surface area contributed by atoms with Crippen molar-refractivity contribution in [2.24, 2.45) is 0 Å². The second-order valence-corrected chi connectivity index (χ2v) is 7.86. The summed E-state index contributed by atoms with van der Waals surface area (Å²) in [5, 5.41) is 1.72. The third kappa shape index (κ3) is 3.34. The number of benzene rings is 1. The number of pyridine rings is 1. The van der Waals surface area contributed by atoms with Crippen LogP contribution in [0, 0.1) is 5.82 Å². The van der Waals surface area contributed by atoms with E-state index in [1.807, 2.05) is 18.3 Å². The van der Waals surface area contributed by atoms with E-state index in [1.165, 1.54) is 11.6 Å². The van der Waals surface area contributed by atoms with Gasteiger partial charge in [0, 0.05) is 23.2 Å². The Bertz CT molecular complexity index is 1260. The van der Waals surface area contributed by atoms with Gasteiger partial charge in [0.25, 0.3) is 0 Å². The van der Waals surface area contributed by atoms with E-state index in [-0.39, 0.29) is 16.7 Å². The maximum absolute atomic E-state index is 14.5. The monoisotopic (exact) mass is 407 g/mol. The van der Waals surface area contributed by atoms with Crippen LogP contribution in [0.5, 0.6) is 0 Å². The van der Waals surface area contributed by atoms with Crippen LogP contribution in [0.3, 0.4) is 0 Å². The summed E-state index contributed by atoms with van der Waals surface area (Å²) >= 11 is 5.97. The highest BCUT2D eigenvalue weighted by molar-refractivity contribution is 6.33. The number of rotatable bonds is 4. The fourth-order valence-electron chi connectivity index (χ4n) is 4.09. The molecule has 5 nitrogen and oxygen atoms in total. The lowest BCUT2D eigenvalue weighted by molar-refractivity contribution is 0.603. The molecule has 1 aromatic carbocycles. The Kier molecular flexibility index (Phi) is 4.43. The summed E-state index contributed by atoms with van der Waals surface area (Å²) in [6, 6.07) is 7.35. The molecule has 2 N–H and O–H groups in total. The molecular weight excluding hydrogens is 389 g/mol. The van der Waals surface area contributed by atoms with Crippen molar-refractivity contribution in [3.05, 3.63) is 71.0 Å². The normalized spacial score (nSPS) is 16.6. The van der Waals surface area contributed by atoms with E-state index in [2.05, 4.69) is 31.8 Å². The molecule has 146 valence electrons. The number of anilines is 1. The summed E-state index contributed by atoms with van der Waals surface area (Å²) in [6.07, 6.45) is 11.5. The zero-order valence-corrected chi connectivity index (χ0v) is 16.4. The first-order valence-electron chi connectivity index (χ1n) is 9.59. The number of aryl methyl sites for hydroxylation is 1. The summed E-state index contributed by atoms with van der Waals surface area (Å²) in [4.78, 5) is 12.7. The van der Waals surface area contributed by atoms with E-state index in [9.17, 15) is 4.39 Å². The highest BCUT2D eigenvalue weighted by Crippen LogP contribution is 2.33. The average Bonchev–Trinajstić information content (AvgIpc) is 3.34. The van der Waals surface area contributed by atoms with Crippen molar-refractivity contribution in [1.29, 1.82) is 0 Å². The summed E-state index contributed by atoms with van der Waals surface area (Å²) in [7, 11) is 0. The van der Waals surface area contributed by atoms with Crippen molar-refractivity contribution in [2.75, 3.05) is 5.73 Å². The fourth-order valence-corrected chi connectivity index (χ4v) is 4.24. The molecule has 0 saturated carbocycles. The molecule has 4 aromatic rings. The Balaban J connectivity index is 1.35. The number of halogens is 2. The topological polar surface area (TPSA) is 69.6 Å². The van der Waals surface area contributed by atoms with Crippen LogP contribution in [-0.2, 0) is 6.42 Å². The SMILES string of the molecule is Nc1nc2cc(CCC3=CC(n4ccc5cncnc54)CC3)cc(F)c2cc1Cl. The Morgan fingerprint density at radius 2 is 2.14 bits per heavy atom. The van der Waals surface area contributed by atoms with Gasteiger partial charge in [0.1, 0.15) is 23.6 Å². The van der Waals surface area contributed by atoms with Crippen LogP contribution in [0.25, 0.3) is 21.9 Å². The summed E-state index contributed by atoms with van der Waals surface area (Å²) < 4.78 is 16.7. The van der Waals surface area contributed by atoms with Gasteiger partial charge in [-0.15, -0.1) is 0 Å². The maximum Gasteiger partial charge on any atom is 0.143 e. The molecule has 3 heterocycles. The molecule has 29 heavy (non-hydrogen) atoms. The minimum Gasteiger partial charge on any atom is -0.382 e. The predicted octanol–water partition coefficient (Wildman–Crippen LogP) is 5.25. The number of nitrogens with two attached hydrogens (primary N) is 1. The van der Waals surface area contributed by atoms with Gasteiger partial charge < -0.3 is 10.3 Å². The Morgan fingerprint density at radius 3 is 3.03 bits per heavy atom. The van der Waals surface area contributed by atoms with Gasteiger partial charge >= 0.3 is 0 Å². The molecule has 3 aromatic heterocycles. The van der Waals surface area contributed by atoms with E-state index in [0.717, 1.165) is 42.3 Å². The zero-order valence-electron chi connectivity index (χ0n) is 15.6. The van der Waals surface area contributed by atoms with Crippen molar-refractivity contribution in [1.82, 2.24) is 19.5 Å². The van der Waals surface area contributed by atoms with E-state index in [4.69, 9.17) is 17.3 Å². The molecule has 7 heteroatoms. The first-order chi connectivity index (χ1) is 14.1. The molecule has 0 saturated heterocycles. The standard InChI is InChI=1S/C22H19ClFN5/c23-18-10-17-19(24)8-14(9-20(17)28-21(18)25)2-1-13-3-4-16(7-13)29-6-5-15-11-26-12-27-22(15)29/h5-12,16H,1-4H2,(H2,25,28). The molecule has 0 aliphatic heterocycles. The second kappa shape index (κ2) is 7.12. The molecular formula is C22H19ClFN5. The molecule has 0 radical (unpaired) electrons. The van der Waals surface area contributed by atoms with Crippen LogP contribution < -0.4 is 5.73 Å². The maximum atomic E-state index is 14.5. The van der Waals surface area contributed by atoms with Gasteiger partial charge in [-0.1, -0.05) is 23.3 Å². The quantitative estimate of drug-likeness (QED) is 0.469. The minimum absolute atomic E-state index is 0.222. The van der Waals surface area contributed by atoms with Crippen LogP contribution in [0.15, 0.2) is 54.6 Å². The number of fused-ring (bicyclic) bond motifs is 2. The molecule has 1 unspecified atom stereocenters. The van der Waals surface area contributed by atoms with Crippen LogP contribution in [0.2, 0.25) is 5.02 Å². The molecule has 0 spiro atoms. The number of aromatic nitrogens is 4. The van der Waals surface area contributed by atoms with Crippen molar-refractivity contribution in [3.63, 3.8) is 0 Å². The van der Waals surface area contributed by atoms with Gasteiger partial charge in [-0.25, -0.2) is 19.3 Å². The van der Waals surface area contributed by atoms with E-state index >= 15 is 0 Å². The second-order valence-electron chi connectivity index (χ2n) is 7.46. The molecule has 5 rings (SSSR count). The number of nitrogen functional groups attached to an aromatic ring is 1. The van der Waals surface area contributed by atoms with Crippen LogP contribution in [0.1, 0.15) is 30.9 Å². The van der Waals surface area contributed by atoms with Crippen molar-refractivity contribution >= 4 is 39.4 Å². The summed E-state index contributed by atoms with van der Waals surface area (Å²) in [5.41, 5.74) is 9.57. The van der Waals surface area contributed by atoms with Crippen molar-refractivity contribution in [2.45, 2.75) is 31.7 Å². The van der Waals surface area contributed by atoms with E-state index < -0.39 is 0 Å². The third-order valence-electron chi connectivity index (χ3n) is 5.58. The fraction of sp³-hybridized carbons (Fsp3) is 0.227. The Labute approximate surface area is 172 Å². The van der Waals surface area contributed by atoms with Crippen molar-refractivity contribution < 1.29 is 4.39 Å². The van der Waals surface area contributed by atoms with Crippen LogP contribution in [0.4, 0.5) is 10.2 Å². The number of allylic oxidation sites excluding steroid dienone is 2. The lowest BCUT2D eigenvalue weighted by Gasteiger charge is -2.10. The predicted molar refractivity (Wildman–Crippen MR) is 113 cm³/mol. The van der Waals surface area contributed by atoms with Gasteiger partial charge in [-0.3, -0.25) is 0 Å². The highest BCUT2D eigenvalue weighted by atomic mass is 35.5. The zero-order chi connectivity index (χ0) is 20.0. The van der Waals surface area contributed by atoms with E-state index in [1.54, 1.807) is 12.4 Å². The molecule has 0 bridgehead atoms. The lowest BCUT2D eigenvalue weighted by Crippen LogP contribution is -2.02. The molecule has 0 amide bonds. The summed E-state index contributed by atoms with van der Waals surface area (Å²) in [6.45, 7) is 0. The largest absolute Gasteiger partial charge is 0.382 e. The van der Waals surface area contributed by atoms with Gasteiger partial charge in [0.2, 0.25) is 0 Å². The van der Waals surface area contributed by atoms with Crippen LogP contribution in [-0.4, -0.2) is 19.5 Å². The average molecular weight is 408 g/mol. The van der Waals surface area contributed by atoms with Crippen LogP contribution >= 0.6 is 11.6 Å². The van der Waals surface area contributed by atoms with Gasteiger partial charge in [-0.05, 0) is 55.5 Å². The van der Waals surface area contributed by atoms with Gasteiger partial charge in [0.15, 0.2) is 0 Å². The summed E-state index contributed by atoms with van der Waals surface area (Å²) in [5.74, 6) is -0.0940. The Hall–Kier alpha value is -2.99.